The van der Waals surface area contributed by atoms with E-state index in [-0.39, 0.29) is 5.92 Å². The van der Waals surface area contributed by atoms with Crippen LogP contribution in [0.3, 0.4) is 0 Å². The SMILES string of the molecule is O=C(O)C1CCC(n2ccnc2-c2cc(CN3CCCC3)cs2)CC1. The monoisotopic (exact) mass is 359 g/mol. The zero-order valence-electron chi connectivity index (χ0n) is 14.4. The predicted molar refractivity (Wildman–Crippen MR) is 98.7 cm³/mol. The van der Waals surface area contributed by atoms with Gasteiger partial charge in [0.1, 0.15) is 5.82 Å². The Morgan fingerprint density at radius 3 is 2.72 bits per heavy atom. The number of hydrogen-bond donors (Lipinski definition) is 1. The summed E-state index contributed by atoms with van der Waals surface area (Å²) in [6, 6.07) is 2.65. The topological polar surface area (TPSA) is 58.4 Å². The Morgan fingerprint density at radius 2 is 2.00 bits per heavy atom. The molecule has 4 rings (SSSR count). The van der Waals surface area contributed by atoms with E-state index in [9.17, 15) is 9.90 Å². The van der Waals surface area contributed by atoms with Crippen LogP contribution < -0.4 is 0 Å². The maximum absolute atomic E-state index is 11.2. The van der Waals surface area contributed by atoms with Gasteiger partial charge in [0.2, 0.25) is 0 Å². The molecule has 0 radical (unpaired) electrons. The van der Waals surface area contributed by atoms with Gasteiger partial charge in [-0.2, -0.15) is 0 Å². The minimum Gasteiger partial charge on any atom is -0.481 e. The molecule has 1 N–H and O–H groups in total. The number of thiophene rings is 1. The first-order valence-electron chi connectivity index (χ1n) is 9.26. The fourth-order valence-electron chi connectivity index (χ4n) is 4.17. The summed E-state index contributed by atoms with van der Waals surface area (Å²) in [4.78, 5) is 19.5. The van der Waals surface area contributed by atoms with Crippen molar-refractivity contribution >= 4 is 17.3 Å². The normalized spacial score (nSPS) is 24.6. The maximum Gasteiger partial charge on any atom is 0.306 e. The van der Waals surface area contributed by atoms with Crippen molar-refractivity contribution in [1.29, 1.82) is 0 Å². The summed E-state index contributed by atoms with van der Waals surface area (Å²) in [7, 11) is 0. The number of nitrogens with zero attached hydrogens (tertiary/aromatic N) is 3. The molecule has 0 spiro atoms. The molecule has 6 heteroatoms. The van der Waals surface area contributed by atoms with Gasteiger partial charge in [-0.1, -0.05) is 0 Å². The lowest BCUT2D eigenvalue weighted by atomic mass is 9.86. The smallest absolute Gasteiger partial charge is 0.306 e. The van der Waals surface area contributed by atoms with Crippen molar-refractivity contribution in [3.8, 4) is 10.7 Å². The molecule has 0 aromatic carbocycles. The highest BCUT2D eigenvalue weighted by Crippen LogP contribution is 2.36. The summed E-state index contributed by atoms with van der Waals surface area (Å²) in [5.74, 6) is 0.225. The van der Waals surface area contributed by atoms with Crippen LogP contribution in [0, 0.1) is 5.92 Å². The van der Waals surface area contributed by atoms with Gasteiger partial charge < -0.3 is 9.67 Å². The van der Waals surface area contributed by atoms with E-state index in [0.717, 1.165) is 38.1 Å². The summed E-state index contributed by atoms with van der Waals surface area (Å²) >= 11 is 1.77. The number of likely N-dealkylation sites (tertiary alicyclic amines) is 1. The highest BCUT2D eigenvalue weighted by Gasteiger charge is 2.28. The van der Waals surface area contributed by atoms with E-state index in [1.54, 1.807) is 11.3 Å². The van der Waals surface area contributed by atoms with Crippen molar-refractivity contribution in [2.75, 3.05) is 13.1 Å². The van der Waals surface area contributed by atoms with Crippen LogP contribution in [-0.4, -0.2) is 38.6 Å². The average molecular weight is 359 g/mol. The van der Waals surface area contributed by atoms with Crippen LogP contribution in [0.2, 0.25) is 0 Å². The summed E-state index contributed by atoms with van der Waals surface area (Å²) in [5, 5.41) is 11.4. The van der Waals surface area contributed by atoms with E-state index in [2.05, 4.69) is 32.1 Å². The molecular weight excluding hydrogens is 334 g/mol. The van der Waals surface area contributed by atoms with E-state index in [1.807, 2.05) is 6.20 Å². The Bertz CT molecular complexity index is 725. The second kappa shape index (κ2) is 7.30. The second-order valence-corrected chi connectivity index (χ2v) is 8.22. The highest BCUT2D eigenvalue weighted by atomic mass is 32.1. The maximum atomic E-state index is 11.2. The summed E-state index contributed by atoms with van der Waals surface area (Å²) in [6.07, 6.45) is 9.95. The molecule has 2 aromatic heterocycles. The van der Waals surface area contributed by atoms with Crippen LogP contribution in [0.15, 0.2) is 23.8 Å². The number of aromatic nitrogens is 2. The van der Waals surface area contributed by atoms with Crippen molar-refractivity contribution < 1.29 is 9.90 Å². The van der Waals surface area contributed by atoms with Gasteiger partial charge in [0.15, 0.2) is 0 Å². The number of carboxylic acid groups (broad SMARTS) is 1. The van der Waals surface area contributed by atoms with Gasteiger partial charge in [-0.3, -0.25) is 9.69 Å². The molecule has 2 aromatic rings. The molecule has 1 saturated carbocycles. The van der Waals surface area contributed by atoms with Gasteiger partial charge in [0.25, 0.3) is 0 Å². The molecule has 2 aliphatic rings. The Kier molecular flexibility index (Phi) is 4.90. The average Bonchev–Trinajstić information content (AvgIpc) is 3.36. The molecule has 1 aliphatic heterocycles. The number of rotatable bonds is 5. The zero-order valence-corrected chi connectivity index (χ0v) is 15.2. The van der Waals surface area contributed by atoms with Gasteiger partial charge in [-0.05, 0) is 68.6 Å². The number of imidazole rings is 1. The zero-order chi connectivity index (χ0) is 17.2. The number of aliphatic carboxylic acids is 1. The lowest BCUT2D eigenvalue weighted by Gasteiger charge is -2.28. The van der Waals surface area contributed by atoms with Gasteiger partial charge >= 0.3 is 5.97 Å². The number of hydrogen-bond acceptors (Lipinski definition) is 4. The molecule has 0 bridgehead atoms. The van der Waals surface area contributed by atoms with Crippen LogP contribution in [0.1, 0.15) is 50.1 Å². The number of carboxylic acids is 1. The van der Waals surface area contributed by atoms with Crippen molar-refractivity contribution in [1.82, 2.24) is 14.5 Å². The van der Waals surface area contributed by atoms with Gasteiger partial charge in [-0.25, -0.2) is 4.98 Å². The van der Waals surface area contributed by atoms with Crippen LogP contribution in [0.25, 0.3) is 10.7 Å². The first-order valence-corrected chi connectivity index (χ1v) is 10.1. The predicted octanol–water partition coefficient (Wildman–Crippen LogP) is 4.02. The Morgan fingerprint density at radius 1 is 1.24 bits per heavy atom. The van der Waals surface area contributed by atoms with Crippen molar-refractivity contribution in [2.24, 2.45) is 5.92 Å². The van der Waals surface area contributed by atoms with E-state index in [4.69, 9.17) is 0 Å². The first-order chi connectivity index (χ1) is 12.2. The van der Waals surface area contributed by atoms with Crippen LogP contribution in [0.4, 0.5) is 0 Å². The molecule has 0 atom stereocenters. The molecule has 0 unspecified atom stereocenters. The Balaban J connectivity index is 1.46. The van der Waals surface area contributed by atoms with E-state index in [1.165, 1.54) is 36.4 Å². The fourth-order valence-corrected chi connectivity index (χ4v) is 5.08. The largest absolute Gasteiger partial charge is 0.481 e. The lowest BCUT2D eigenvalue weighted by Crippen LogP contribution is -2.23. The molecule has 5 nitrogen and oxygen atoms in total. The van der Waals surface area contributed by atoms with E-state index < -0.39 is 5.97 Å². The highest BCUT2D eigenvalue weighted by molar-refractivity contribution is 7.13. The molecule has 0 amide bonds. The van der Waals surface area contributed by atoms with Crippen molar-refractivity contribution in [3.05, 3.63) is 29.4 Å². The van der Waals surface area contributed by atoms with Gasteiger partial charge in [0.05, 0.1) is 10.8 Å². The molecule has 3 heterocycles. The van der Waals surface area contributed by atoms with Crippen molar-refractivity contribution in [3.63, 3.8) is 0 Å². The third-order valence-corrected chi connectivity index (χ3v) is 6.56. The first kappa shape index (κ1) is 16.8. The van der Waals surface area contributed by atoms with Crippen LogP contribution in [0.5, 0.6) is 0 Å². The van der Waals surface area contributed by atoms with Gasteiger partial charge in [0, 0.05) is 25.0 Å². The van der Waals surface area contributed by atoms with E-state index >= 15 is 0 Å². The lowest BCUT2D eigenvalue weighted by molar-refractivity contribution is -0.143. The minimum absolute atomic E-state index is 0.169. The standard InChI is InChI=1S/C19H25N3O2S/c23-19(24)15-3-5-16(6-4-15)22-10-7-20-18(22)17-11-14(13-25-17)12-21-8-1-2-9-21/h7,10-11,13,15-16H,1-6,8-9,12H2,(H,23,24). The molecule has 2 fully saturated rings. The third-order valence-electron chi connectivity index (χ3n) is 5.59. The van der Waals surface area contributed by atoms with Gasteiger partial charge in [-0.15, -0.1) is 11.3 Å². The van der Waals surface area contributed by atoms with Crippen LogP contribution >= 0.6 is 11.3 Å². The Hall–Kier alpha value is -1.66. The Labute approximate surface area is 152 Å². The fraction of sp³-hybridized carbons (Fsp3) is 0.579. The second-order valence-electron chi connectivity index (χ2n) is 7.30. The van der Waals surface area contributed by atoms with Crippen molar-refractivity contribution in [2.45, 2.75) is 51.1 Å². The minimum atomic E-state index is -0.644. The third kappa shape index (κ3) is 3.65. The molecule has 134 valence electrons. The quantitative estimate of drug-likeness (QED) is 0.876. The van der Waals surface area contributed by atoms with Crippen LogP contribution in [-0.2, 0) is 11.3 Å². The molecular formula is C19H25N3O2S. The summed E-state index contributed by atoms with van der Waals surface area (Å²) in [5.41, 5.74) is 1.38. The molecule has 1 aliphatic carbocycles. The molecule has 25 heavy (non-hydrogen) atoms. The van der Waals surface area contributed by atoms with E-state index in [0.29, 0.717) is 6.04 Å². The summed E-state index contributed by atoms with van der Waals surface area (Å²) in [6.45, 7) is 3.47. The summed E-state index contributed by atoms with van der Waals surface area (Å²) < 4.78 is 2.27. The number of carbonyl (C=O) groups is 1. The molecule has 1 saturated heterocycles.